The summed E-state index contributed by atoms with van der Waals surface area (Å²) in [7, 11) is 0. The summed E-state index contributed by atoms with van der Waals surface area (Å²) >= 11 is 0. The highest BCUT2D eigenvalue weighted by Gasteiger charge is 2.45. The molecule has 0 aliphatic heterocycles. The van der Waals surface area contributed by atoms with Gasteiger partial charge in [-0.3, -0.25) is 4.79 Å². The lowest BCUT2D eigenvalue weighted by atomic mass is 9.92. The van der Waals surface area contributed by atoms with E-state index in [2.05, 4.69) is 38.0 Å². The van der Waals surface area contributed by atoms with Crippen molar-refractivity contribution in [2.75, 3.05) is 6.54 Å². The van der Waals surface area contributed by atoms with Gasteiger partial charge in [0.25, 0.3) is 5.91 Å². The molecule has 1 fully saturated rings. The van der Waals surface area contributed by atoms with Crippen LogP contribution in [0.4, 0.5) is 0 Å². The summed E-state index contributed by atoms with van der Waals surface area (Å²) in [5.74, 6) is 0.678. The zero-order valence-electron chi connectivity index (χ0n) is 13.3. The standard InChI is InChI=1S/C18H24N2O/c1-11(2)18(7-8-18)10-19-17(21)14-5-6-16-15(9-14)12(3)13(4)20-16/h5-6,9,11,20H,7-8,10H2,1-4H3,(H,19,21). The second-order valence-electron chi connectivity index (χ2n) is 6.84. The highest BCUT2D eigenvalue weighted by atomic mass is 16.1. The number of amides is 1. The van der Waals surface area contributed by atoms with E-state index in [-0.39, 0.29) is 5.91 Å². The van der Waals surface area contributed by atoms with Crippen molar-refractivity contribution in [3.63, 3.8) is 0 Å². The molecule has 0 spiro atoms. The Morgan fingerprint density at radius 2 is 2.05 bits per heavy atom. The average Bonchev–Trinajstić information content (AvgIpc) is 3.20. The Hall–Kier alpha value is -1.77. The second-order valence-corrected chi connectivity index (χ2v) is 6.84. The highest BCUT2D eigenvalue weighted by molar-refractivity contribution is 5.99. The molecule has 2 aromatic rings. The van der Waals surface area contributed by atoms with Gasteiger partial charge in [0.1, 0.15) is 0 Å². The Morgan fingerprint density at radius 1 is 1.33 bits per heavy atom. The molecule has 2 N–H and O–H groups in total. The Morgan fingerprint density at radius 3 is 2.67 bits per heavy atom. The molecule has 1 aliphatic carbocycles. The minimum absolute atomic E-state index is 0.0436. The van der Waals surface area contributed by atoms with Crippen LogP contribution in [0.1, 0.15) is 48.3 Å². The van der Waals surface area contributed by atoms with Gasteiger partial charge in [0.15, 0.2) is 0 Å². The van der Waals surface area contributed by atoms with E-state index in [0.717, 1.165) is 23.0 Å². The average molecular weight is 284 g/mol. The van der Waals surface area contributed by atoms with Crippen LogP contribution >= 0.6 is 0 Å². The van der Waals surface area contributed by atoms with Gasteiger partial charge in [-0.1, -0.05) is 13.8 Å². The van der Waals surface area contributed by atoms with Crippen LogP contribution in [-0.2, 0) is 0 Å². The molecule has 3 rings (SSSR count). The number of aromatic amines is 1. The minimum Gasteiger partial charge on any atom is -0.358 e. The Labute approximate surface area is 126 Å². The van der Waals surface area contributed by atoms with E-state index in [9.17, 15) is 4.79 Å². The number of hydrogen-bond acceptors (Lipinski definition) is 1. The zero-order chi connectivity index (χ0) is 15.2. The fourth-order valence-electron chi connectivity index (χ4n) is 3.08. The number of hydrogen-bond donors (Lipinski definition) is 2. The molecule has 1 aromatic carbocycles. The van der Waals surface area contributed by atoms with Gasteiger partial charge in [0.05, 0.1) is 0 Å². The van der Waals surface area contributed by atoms with Crippen molar-refractivity contribution in [1.82, 2.24) is 10.3 Å². The molecule has 21 heavy (non-hydrogen) atoms. The third-order valence-corrected chi connectivity index (χ3v) is 5.29. The van der Waals surface area contributed by atoms with Crippen molar-refractivity contribution in [2.45, 2.75) is 40.5 Å². The van der Waals surface area contributed by atoms with Crippen molar-refractivity contribution < 1.29 is 4.79 Å². The summed E-state index contributed by atoms with van der Waals surface area (Å²) in [6.45, 7) is 9.45. The monoisotopic (exact) mass is 284 g/mol. The van der Waals surface area contributed by atoms with Gasteiger partial charge in [-0.2, -0.15) is 0 Å². The summed E-state index contributed by atoms with van der Waals surface area (Å²) in [6, 6.07) is 5.90. The molecular weight excluding hydrogens is 260 g/mol. The Bertz CT molecular complexity index is 693. The van der Waals surface area contributed by atoms with Crippen LogP contribution in [0.15, 0.2) is 18.2 Å². The van der Waals surface area contributed by atoms with Gasteiger partial charge in [-0.25, -0.2) is 0 Å². The van der Waals surface area contributed by atoms with Gasteiger partial charge in [-0.15, -0.1) is 0 Å². The fourth-order valence-corrected chi connectivity index (χ4v) is 3.08. The van der Waals surface area contributed by atoms with Gasteiger partial charge in [-0.05, 0) is 61.8 Å². The van der Waals surface area contributed by atoms with E-state index < -0.39 is 0 Å². The molecule has 1 heterocycles. The number of carbonyl (C=O) groups excluding carboxylic acids is 1. The zero-order valence-corrected chi connectivity index (χ0v) is 13.3. The number of nitrogens with one attached hydrogen (secondary N) is 2. The second kappa shape index (κ2) is 4.90. The van der Waals surface area contributed by atoms with Crippen molar-refractivity contribution >= 4 is 16.8 Å². The molecule has 112 valence electrons. The number of carbonyl (C=O) groups is 1. The maximum atomic E-state index is 12.4. The predicted molar refractivity (Wildman–Crippen MR) is 86.6 cm³/mol. The number of aromatic nitrogens is 1. The molecule has 1 saturated carbocycles. The summed E-state index contributed by atoms with van der Waals surface area (Å²) in [4.78, 5) is 15.7. The first-order chi connectivity index (χ1) is 9.93. The van der Waals surface area contributed by atoms with Crippen LogP contribution < -0.4 is 5.32 Å². The first kappa shape index (κ1) is 14.2. The first-order valence-corrected chi connectivity index (χ1v) is 7.80. The van der Waals surface area contributed by atoms with Crippen molar-refractivity contribution in [2.24, 2.45) is 11.3 Å². The van der Waals surface area contributed by atoms with E-state index in [1.807, 2.05) is 18.2 Å². The maximum absolute atomic E-state index is 12.4. The van der Waals surface area contributed by atoms with Gasteiger partial charge < -0.3 is 10.3 Å². The molecule has 3 heteroatoms. The van der Waals surface area contributed by atoms with Crippen LogP contribution in [0.3, 0.4) is 0 Å². The van der Waals surface area contributed by atoms with Gasteiger partial charge >= 0.3 is 0 Å². The van der Waals surface area contributed by atoms with Gasteiger partial charge in [0.2, 0.25) is 0 Å². The van der Waals surface area contributed by atoms with E-state index in [4.69, 9.17) is 0 Å². The van der Waals surface area contributed by atoms with Gasteiger partial charge in [0, 0.05) is 28.7 Å². The van der Waals surface area contributed by atoms with Crippen LogP contribution in [0.25, 0.3) is 10.9 Å². The summed E-state index contributed by atoms with van der Waals surface area (Å²) in [5, 5.41) is 4.27. The third-order valence-electron chi connectivity index (χ3n) is 5.29. The molecule has 1 aliphatic rings. The molecule has 1 aromatic heterocycles. The van der Waals surface area contributed by atoms with Crippen LogP contribution in [0.5, 0.6) is 0 Å². The molecule has 0 saturated heterocycles. The third kappa shape index (κ3) is 2.45. The van der Waals surface area contributed by atoms with E-state index in [1.165, 1.54) is 24.1 Å². The quantitative estimate of drug-likeness (QED) is 0.877. The minimum atomic E-state index is 0.0436. The van der Waals surface area contributed by atoms with Crippen molar-refractivity contribution in [1.29, 1.82) is 0 Å². The maximum Gasteiger partial charge on any atom is 0.251 e. The number of aryl methyl sites for hydroxylation is 2. The van der Waals surface area contributed by atoms with E-state index in [1.54, 1.807) is 0 Å². The summed E-state index contributed by atoms with van der Waals surface area (Å²) in [5.41, 5.74) is 4.59. The molecule has 0 bridgehead atoms. The normalized spacial score (nSPS) is 16.4. The predicted octanol–water partition coefficient (Wildman–Crippen LogP) is 3.95. The lowest BCUT2D eigenvalue weighted by molar-refractivity contribution is 0.0940. The van der Waals surface area contributed by atoms with Crippen molar-refractivity contribution in [3.05, 3.63) is 35.0 Å². The molecular formula is C18H24N2O. The Balaban J connectivity index is 1.77. The fraction of sp³-hybridized carbons (Fsp3) is 0.500. The topological polar surface area (TPSA) is 44.9 Å². The van der Waals surface area contributed by atoms with Crippen molar-refractivity contribution in [3.8, 4) is 0 Å². The Kier molecular flexibility index (Phi) is 3.31. The number of benzene rings is 1. The van der Waals surface area contributed by atoms with Crippen LogP contribution in [-0.4, -0.2) is 17.4 Å². The summed E-state index contributed by atoms with van der Waals surface area (Å²) in [6.07, 6.45) is 2.47. The molecule has 1 amide bonds. The molecule has 0 unspecified atom stereocenters. The number of rotatable bonds is 4. The SMILES string of the molecule is Cc1[nH]c2ccc(C(=O)NCC3(C(C)C)CC3)cc2c1C. The highest BCUT2D eigenvalue weighted by Crippen LogP contribution is 2.51. The molecule has 0 atom stereocenters. The van der Waals surface area contributed by atoms with E-state index in [0.29, 0.717) is 11.3 Å². The molecule has 0 radical (unpaired) electrons. The lowest BCUT2D eigenvalue weighted by Gasteiger charge is -2.20. The van der Waals surface area contributed by atoms with Crippen LogP contribution in [0.2, 0.25) is 0 Å². The number of fused-ring (bicyclic) bond motifs is 1. The number of H-pyrrole nitrogens is 1. The molecule has 3 nitrogen and oxygen atoms in total. The van der Waals surface area contributed by atoms with Crippen LogP contribution in [0, 0.1) is 25.2 Å². The lowest BCUT2D eigenvalue weighted by Crippen LogP contribution is -2.32. The largest absolute Gasteiger partial charge is 0.358 e. The summed E-state index contributed by atoms with van der Waals surface area (Å²) < 4.78 is 0. The smallest absolute Gasteiger partial charge is 0.251 e. The van der Waals surface area contributed by atoms with E-state index >= 15 is 0 Å². The first-order valence-electron chi connectivity index (χ1n) is 7.80.